The number of rotatable bonds is 7. The predicted octanol–water partition coefficient (Wildman–Crippen LogP) is 3.72. The van der Waals surface area contributed by atoms with E-state index in [-0.39, 0.29) is 17.2 Å². The van der Waals surface area contributed by atoms with Crippen LogP contribution in [-0.4, -0.2) is 27.9 Å². The fraction of sp³-hybridized carbons (Fsp3) is 0.333. The molecule has 2 rings (SSSR count). The maximum atomic E-state index is 9.49. The Balaban J connectivity index is 1.73. The number of nitrogens with one attached hydrogen (secondary N) is 1. The van der Waals surface area contributed by atoms with Crippen LogP contribution in [0, 0.1) is 0 Å². The summed E-state index contributed by atoms with van der Waals surface area (Å²) in [5.41, 5.74) is 2.18. The van der Waals surface area contributed by atoms with Gasteiger partial charge in [0.1, 0.15) is 5.75 Å². The van der Waals surface area contributed by atoms with Gasteiger partial charge in [-0.2, -0.15) is 0 Å². The number of hydrogen-bond donors (Lipinski definition) is 4. The number of hydrogen-bond acceptors (Lipinski definition) is 4. The molecule has 0 fully saturated rings. The quantitative estimate of drug-likeness (QED) is 0.553. The molecule has 1 unspecified atom stereocenters. The van der Waals surface area contributed by atoms with Crippen molar-refractivity contribution < 1.29 is 15.3 Å². The van der Waals surface area contributed by atoms with Crippen molar-refractivity contribution in [3.63, 3.8) is 0 Å². The second-order valence-corrected chi connectivity index (χ2v) is 6.61. The third-order valence-corrected chi connectivity index (χ3v) is 4.46. The van der Waals surface area contributed by atoms with Crippen LogP contribution in [0.4, 0.5) is 0 Å². The summed E-state index contributed by atoms with van der Waals surface area (Å²) in [6.07, 6.45) is 2.73. The lowest BCUT2D eigenvalue weighted by atomic mass is 10.1. The second-order valence-electron chi connectivity index (χ2n) is 5.75. The van der Waals surface area contributed by atoms with Crippen LogP contribution in [0.25, 0.3) is 0 Å². The third-order valence-electron chi connectivity index (χ3n) is 3.82. The standard InChI is InChI=1S/C18H22BrNO3/c1-12(2-3-13-4-6-16(21)15(19)10-13)20-9-8-14-5-7-17(22)18(23)11-14/h4-7,10-12,20-23H,2-3,8-9H2,1H3. The lowest BCUT2D eigenvalue weighted by Crippen LogP contribution is -2.28. The highest BCUT2D eigenvalue weighted by Crippen LogP contribution is 2.25. The summed E-state index contributed by atoms with van der Waals surface area (Å²) in [6, 6.07) is 10.9. The van der Waals surface area contributed by atoms with Crippen molar-refractivity contribution in [3.8, 4) is 17.2 Å². The van der Waals surface area contributed by atoms with Crippen molar-refractivity contribution in [2.75, 3.05) is 6.54 Å². The average molecular weight is 380 g/mol. The van der Waals surface area contributed by atoms with Crippen LogP contribution >= 0.6 is 15.9 Å². The molecular weight excluding hydrogens is 358 g/mol. The summed E-state index contributed by atoms with van der Waals surface area (Å²) in [7, 11) is 0. The van der Waals surface area contributed by atoms with Gasteiger partial charge in [-0.1, -0.05) is 12.1 Å². The van der Waals surface area contributed by atoms with Crippen molar-refractivity contribution in [2.45, 2.75) is 32.2 Å². The highest BCUT2D eigenvalue weighted by atomic mass is 79.9. The molecule has 1 atom stereocenters. The van der Waals surface area contributed by atoms with E-state index in [0.29, 0.717) is 6.04 Å². The molecule has 0 aliphatic carbocycles. The van der Waals surface area contributed by atoms with Gasteiger partial charge in [-0.05, 0) is 84.1 Å². The minimum atomic E-state index is -0.0878. The van der Waals surface area contributed by atoms with Crippen LogP contribution in [0.3, 0.4) is 0 Å². The Bertz CT molecular complexity index is 661. The summed E-state index contributed by atoms with van der Waals surface area (Å²) in [4.78, 5) is 0. The Kier molecular flexibility index (Phi) is 6.30. The molecule has 0 aliphatic heterocycles. The molecule has 23 heavy (non-hydrogen) atoms. The zero-order chi connectivity index (χ0) is 16.8. The van der Waals surface area contributed by atoms with Crippen LogP contribution in [0.1, 0.15) is 24.5 Å². The van der Waals surface area contributed by atoms with Gasteiger partial charge in [0.2, 0.25) is 0 Å². The van der Waals surface area contributed by atoms with E-state index in [4.69, 9.17) is 0 Å². The summed E-state index contributed by atoms with van der Waals surface area (Å²) in [5, 5.41) is 31.7. The van der Waals surface area contributed by atoms with Gasteiger partial charge in [-0.25, -0.2) is 0 Å². The number of aromatic hydroxyl groups is 3. The number of benzene rings is 2. The molecular formula is C18H22BrNO3. The highest BCUT2D eigenvalue weighted by Gasteiger charge is 2.05. The molecule has 0 radical (unpaired) electrons. The molecule has 124 valence electrons. The number of phenolic OH excluding ortho intramolecular Hbond substituents is 3. The minimum absolute atomic E-state index is 0.0755. The molecule has 2 aromatic carbocycles. The SMILES string of the molecule is CC(CCc1ccc(O)c(Br)c1)NCCc1ccc(O)c(O)c1. The van der Waals surface area contributed by atoms with Crippen LogP contribution < -0.4 is 5.32 Å². The normalized spacial score (nSPS) is 12.3. The number of halogens is 1. The van der Waals surface area contributed by atoms with Crippen LogP contribution in [0.2, 0.25) is 0 Å². The molecule has 0 spiro atoms. The second kappa shape index (κ2) is 8.22. The number of aryl methyl sites for hydroxylation is 1. The van der Waals surface area contributed by atoms with Gasteiger partial charge < -0.3 is 20.6 Å². The third kappa shape index (κ3) is 5.44. The van der Waals surface area contributed by atoms with E-state index >= 15 is 0 Å². The number of phenols is 3. The molecule has 5 heteroatoms. The molecule has 0 saturated heterocycles. The van der Waals surface area contributed by atoms with E-state index in [9.17, 15) is 15.3 Å². The lowest BCUT2D eigenvalue weighted by molar-refractivity contribution is 0.403. The molecule has 0 aliphatic rings. The summed E-state index contributed by atoms with van der Waals surface area (Å²) in [5.74, 6) is 0.0978. The van der Waals surface area contributed by atoms with Crippen molar-refractivity contribution in [1.29, 1.82) is 0 Å². The van der Waals surface area contributed by atoms with E-state index in [0.717, 1.165) is 35.8 Å². The van der Waals surface area contributed by atoms with E-state index in [2.05, 4.69) is 28.2 Å². The van der Waals surface area contributed by atoms with E-state index in [1.54, 1.807) is 12.1 Å². The van der Waals surface area contributed by atoms with Gasteiger partial charge >= 0.3 is 0 Å². The van der Waals surface area contributed by atoms with E-state index < -0.39 is 0 Å². The Hall–Kier alpha value is -1.72. The Morgan fingerprint density at radius 2 is 1.57 bits per heavy atom. The summed E-state index contributed by atoms with van der Waals surface area (Å²) >= 11 is 3.33. The smallest absolute Gasteiger partial charge is 0.157 e. The summed E-state index contributed by atoms with van der Waals surface area (Å²) < 4.78 is 0.725. The molecule has 0 heterocycles. The predicted molar refractivity (Wildman–Crippen MR) is 95.1 cm³/mol. The Morgan fingerprint density at radius 3 is 2.22 bits per heavy atom. The Labute approximate surface area is 144 Å². The van der Waals surface area contributed by atoms with Gasteiger partial charge in [-0.3, -0.25) is 0 Å². The molecule has 4 nitrogen and oxygen atoms in total. The first-order chi connectivity index (χ1) is 11.0. The zero-order valence-corrected chi connectivity index (χ0v) is 14.7. The molecule has 0 aromatic heterocycles. The first-order valence-electron chi connectivity index (χ1n) is 7.67. The van der Waals surface area contributed by atoms with Gasteiger partial charge in [0.05, 0.1) is 4.47 Å². The average Bonchev–Trinajstić information content (AvgIpc) is 2.52. The van der Waals surface area contributed by atoms with Crippen LogP contribution in [0.5, 0.6) is 17.2 Å². The Morgan fingerprint density at radius 1 is 0.913 bits per heavy atom. The lowest BCUT2D eigenvalue weighted by Gasteiger charge is -2.14. The zero-order valence-electron chi connectivity index (χ0n) is 13.1. The van der Waals surface area contributed by atoms with E-state index in [1.165, 1.54) is 11.6 Å². The highest BCUT2D eigenvalue weighted by molar-refractivity contribution is 9.10. The van der Waals surface area contributed by atoms with Gasteiger partial charge in [0.15, 0.2) is 11.5 Å². The first-order valence-corrected chi connectivity index (χ1v) is 8.46. The molecule has 0 saturated carbocycles. The molecule has 2 aromatic rings. The van der Waals surface area contributed by atoms with Crippen molar-refractivity contribution in [1.82, 2.24) is 5.32 Å². The molecule has 4 N–H and O–H groups in total. The topological polar surface area (TPSA) is 72.7 Å². The van der Waals surface area contributed by atoms with Gasteiger partial charge in [0.25, 0.3) is 0 Å². The first kappa shape index (κ1) is 17.6. The van der Waals surface area contributed by atoms with Crippen molar-refractivity contribution in [3.05, 3.63) is 52.0 Å². The van der Waals surface area contributed by atoms with Crippen LogP contribution in [0.15, 0.2) is 40.9 Å². The largest absolute Gasteiger partial charge is 0.507 e. The molecule has 0 amide bonds. The van der Waals surface area contributed by atoms with Crippen molar-refractivity contribution >= 4 is 15.9 Å². The maximum Gasteiger partial charge on any atom is 0.157 e. The fourth-order valence-corrected chi connectivity index (χ4v) is 2.80. The van der Waals surface area contributed by atoms with Gasteiger partial charge in [-0.15, -0.1) is 0 Å². The minimum Gasteiger partial charge on any atom is -0.507 e. The maximum absolute atomic E-state index is 9.49. The van der Waals surface area contributed by atoms with E-state index in [1.807, 2.05) is 18.2 Å². The van der Waals surface area contributed by atoms with Gasteiger partial charge in [0, 0.05) is 6.04 Å². The summed E-state index contributed by atoms with van der Waals surface area (Å²) in [6.45, 7) is 2.95. The monoisotopic (exact) mass is 379 g/mol. The van der Waals surface area contributed by atoms with Crippen molar-refractivity contribution in [2.24, 2.45) is 0 Å². The van der Waals surface area contributed by atoms with Crippen LogP contribution in [-0.2, 0) is 12.8 Å². The molecule has 0 bridgehead atoms. The fourth-order valence-electron chi connectivity index (χ4n) is 2.38.